The highest BCUT2D eigenvalue weighted by Crippen LogP contribution is 2.20. The molecule has 0 saturated carbocycles. The number of allylic oxidation sites excluding steroid dienone is 4. The first kappa shape index (κ1) is 14.8. The van der Waals surface area contributed by atoms with Gasteiger partial charge in [-0.25, -0.2) is 0 Å². The van der Waals surface area contributed by atoms with Crippen molar-refractivity contribution in [1.82, 2.24) is 0 Å². The number of aliphatic hydroxyl groups is 1. The number of rotatable bonds is 1. The number of hydrogen-bond acceptors (Lipinski definition) is 2. The standard InChI is InChI=1S/C11H16O2.C3H8/c1-11(2,3)13-10-8-6-4-5-7-9(10)12;1-3-2/h4-6,8,12H,7H2,1-3H3;3H2,1-2H3. The van der Waals surface area contributed by atoms with Gasteiger partial charge >= 0.3 is 0 Å². The number of ether oxygens (including phenoxy) is 1. The summed E-state index contributed by atoms with van der Waals surface area (Å²) in [4.78, 5) is 0. The molecule has 1 rings (SSSR count). The lowest BCUT2D eigenvalue weighted by Gasteiger charge is -2.22. The van der Waals surface area contributed by atoms with Gasteiger partial charge in [-0.15, -0.1) is 0 Å². The summed E-state index contributed by atoms with van der Waals surface area (Å²) in [5, 5.41) is 9.56. The molecule has 0 amide bonds. The van der Waals surface area contributed by atoms with Crippen molar-refractivity contribution in [1.29, 1.82) is 0 Å². The van der Waals surface area contributed by atoms with Crippen LogP contribution < -0.4 is 0 Å². The highest BCUT2D eigenvalue weighted by molar-refractivity contribution is 5.25. The van der Waals surface area contributed by atoms with Gasteiger partial charge in [0.05, 0.1) is 0 Å². The van der Waals surface area contributed by atoms with Crippen LogP contribution >= 0.6 is 0 Å². The van der Waals surface area contributed by atoms with E-state index in [4.69, 9.17) is 4.74 Å². The van der Waals surface area contributed by atoms with Crippen LogP contribution in [0.1, 0.15) is 47.5 Å². The zero-order chi connectivity index (χ0) is 12.6. The molecule has 0 radical (unpaired) electrons. The van der Waals surface area contributed by atoms with Crippen molar-refractivity contribution in [2.75, 3.05) is 0 Å². The van der Waals surface area contributed by atoms with Gasteiger partial charge in [0, 0.05) is 6.42 Å². The molecule has 0 aromatic carbocycles. The van der Waals surface area contributed by atoms with Crippen molar-refractivity contribution >= 4 is 0 Å². The van der Waals surface area contributed by atoms with Gasteiger partial charge in [0.2, 0.25) is 0 Å². The molecular formula is C14H24O2. The molecule has 0 spiro atoms. The second-order valence-corrected chi connectivity index (χ2v) is 4.72. The van der Waals surface area contributed by atoms with E-state index in [1.54, 1.807) is 6.08 Å². The Morgan fingerprint density at radius 1 is 1.25 bits per heavy atom. The van der Waals surface area contributed by atoms with E-state index in [2.05, 4.69) is 13.8 Å². The number of hydrogen-bond donors (Lipinski definition) is 1. The molecule has 0 fully saturated rings. The Hall–Kier alpha value is -1.18. The van der Waals surface area contributed by atoms with Crippen LogP contribution in [-0.4, -0.2) is 10.7 Å². The Kier molecular flexibility index (Phi) is 6.63. The fraction of sp³-hybridized carbons (Fsp3) is 0.571. The summed E-state index contributed by atoms with van der Waals surface area (Å²) in [6.45, 7) is 10.1. The quantitative estimate of drug-likeness (QED) is 0.710. The molecule has 1 aliphatic rings. The van der Waals surface area contributed by atoms with Crippen molar-refractivity contribution in [3.05, 3.63) is 35.8 Å². The van der Waals surface area contributed by atoms with Gasteiger partial charge in [-0.2, -0.15) is 0 Å². The Balaban J connectivity index is 0.000000673. The van der Waals surface area contributed by atoms with Crippen molar-refractivity contribution < 1.29 is 9.84 Å². The lowest BCUT2D eigenvalue weighted by molar-refractivity contribution is 0.0515. The smallest absolute Gasteiger partial charge is 0.157 e. The van der Waals surface area contributed by atoms with E-state index in [0.717, 1.165) is 0 Å². The fourth-order valence-corrected chi connectivity index (χ4v) is 1.02. The van der Waals surface area contributed by atoms with Crippen LogP contribution in [-0.2, 0) is 4.74 Å². The SMILES string of the molecule is CC(C)(C)OC1=C(O)CC=CC=C1.CCC. The third kappa shape index (κ3) is 7.16. The summed E-state index contributed by atoms with van der Waals surface area (Å²) < 4.78 is 5.57. The van der Waals surface area contributed by atoms with Gasteiger partial charge in [-0.1, -0.05) is 38.5 Å². The van der Waals surface area contributed by atoms with E-state index in [0.29, 0.717) is 17.9 Å². The van der Waals surface area contributed by atoms with Gasteiger partial charge < -0.3 is 9.84 Å². The normalized spacial score (nSPS) is 15.3. The van der Waals surface area contributed by atoms with Gasteiger partial charge in [-0.3, -0.25) is 0 Å². The highest BCUT2D eigenvalue weighted by Gasteiger charge is 2.15. The van der Waals surface area contributed by atoms with Crippen LogP contribution in [0.15, 0.2) is 35.8 Å². The second-order valence-electron chi connectivity index (χ2n) is 4.72. The maximum Gasteiger partial charge on any atom is 0.157 e. The average molecular weight is 224 g/mol. The first-order valence-corrected chi connectivity index (χ1v) is 5.85. The van der Waals surface area contributed by atoms with Gasteiger partial charge in [0.1, 0.15) is 11.4 Å². The Morgan fingerprint density at radius 3 is 2.31 bits per heavy atom. The molecule has 2 nitrogen and oxygen atoms in total. The van der Waals surface area contributed by atoms with Crippen molar-refractivity contribution in [3.8, 4) is 0 Å². The predicted octanol–water partition coefficient (Wildman–Crippen LogP) is 4.50. The molecule has 0 unspecified atom stereocenters. The fourth-order valence-electron chi connectivity index (χ4n) is 1.02. The Bertz CT molecular complexity index is 278. The van der Waals surface area contributed by atoms with Crippen LogP contribution in [0.25, 0.3) is 0 Å². The molecule has 92 valence electrons. The van der Waals surface area contributed by atoms with E-state index >= 15 is 0 Å². The van der Waals surface area contributed by atoms with E-state index in [-0.39, 0.29) is 5.60 Å². The monoisotopic (exact) mass is 224 g/mol. The van der Waals surface area contributed by atoms with E-state index in [1.165, 1.54) is 6.42 Å². The average Bonchev–Trinajstić information content (AvgIpc) is 2.31. The minimum absolute atomic E-state index is 0.266. The minimum Gasteiger partial charge on any atom is -0.508 e. The molecular weight excluding hydrogens is 200 g/mol. The van der Waals surface area contributed by atoms with Crippen LogP contribution in [0.2, 0.25) is 0 Å². The molecule has 2 heteroatoms. The van der Waals surface area contributed by atoms with Crippen molar-refractivity contribution in [3.63, 3.8) is 0 Å². The van der Waals surface area contributed by atoms with Gasteiger partial charge in [0.15, 0.2) is 5.76 Å². The van der Waals surface area contributed by atoms with E-state index in [9.17, 15) is 5.11 Å². The molecule has 0 heterocycles. The summed E-state index contributed by atoms with van der Waals surface area (Å²) in [7, 11) is 0. The summed E-state index contributed by atoms with van der Waals surface area (Å²) in [6.07, 6.45) is 9.23. The first-order valence-electron chi connectivity index (χ1n) is 5.85. The van der Waals surface area contributed by atoms with Crippen LogP contribution in [0.3, 0.4) is 0 Å². The van der Waals surface area contributed by atoms with Gasteiger partial charge in [-0.05, 0) is 26.8 Å². The van der Waals surface area contributed by atoms with E-state index < -0.39 is 0 Å². The third-order valence-electron chi connectivity index (χ3n) is 1.51. The predicted molar refractivity (Wildman–Crippen MR) is 69.4 cm³/mol. The molecule has 0 aromatic heterocycles. The van der Waals surface area contributed by atoms with Crippen LogP contribution in [0.4, 0.5) is 0 Å². The minimum atomic E-state index is -0.266. The maximum absolute atomic E-state index is 9.56. The molecule has 1 aliphatic carbocycles. The molecule has 0 bridgehead atoms. The lowest BCUT2D eigenvalue weighted by Crippen LogP contribution is -2.18. The summed E-state index contributed by atoms with van der Waals surface area (Å²) in [5.41, 5.74) is -0.266. The molecule has 1 N–H and O–H groups in total. The molecule has 16 heavy (non-hydrogen) atoms. The summed E-state index contributed by atoms with van der Waals surface area (Å²) in [5.74, 6) is 0.859. The Labute approximate surface area is 99.3 Å². The topological polar surface area (TPSA) is 29.5 Å². The maximum atomic E-state index is 9.56. The molecule has 0 saturated heterocycles. The zero-order valence-corrected chi connectivity index (χ0v) is 11.1. The zero-order valence-electron chi connectivity index (χ0n) is 11.1. The van der Waals surface area contributed by atoms with Gasteiger partial charge in [0.25, 0.3) is 0 Å². The highest BCUT2D eigenvalue weighted by atomic mass is 16.5. The number of aliphatic hydroxyl groups excluding tert-OH is 1. The van der Waals surface area contributed by atoms with Crippen molar-refractivity contribution in [2.45, 2.75) is 53.1 Å². The third-order valence-corrected chi connectivity index (χ3v) is 1.51. The lowest BCUT2D eigenvalue weighted by atomic mass is 10.2. The first-order chi connectivity index (χ1) is 7.40. The van der Waals surface area contributed by atoms with Crippen LogP contribution in [0, 0.1) is 0 Å². The van der Waals surface area contributed by atoms with Crippen molar-refractivity contribution in [2.24, 2.45) is 0 Å². The van der Waals surface area contributed by atoms with E-state index in [1.807, 2.05) is 39.0 Å². The summed E-state index contributed by atoms with van der Waals surface area (Å²) in [6, 6.07) is 0. The largest absolute Gasteiger partial charge is 0.508 e. The molecule has 0 aliphatic heterocycles. The second kappa shape index (κ2) is 7.15. The van der Waals surface area contributed by atoms with Crippen LogP contribution in [0.5, 0.6) is 0 Å². The molecule has 0 aromatic rings. The summed E-state index contributed by atoms with van der Waals surface area (Å²) >= 11 is 0. The molecule has 0 atom stereocenters. The Morgan fingerprint density at radius 2 is 1.81 bits per heavy atom.